The molecule has 0 saturated carbocycles. The molecule has 1 aromatic heterocycles. The van der Waals surface area contributed by atoms with Crippen LogP contribution in [0.1, 0.15) is 43.6 Å². The van der Waals surface area contributed by atoms with Gasteiger partial charge in [-0.2, -0.15) is 0 Å². The van der Waals surface area contributed by atoms with Gasteiger partial charge in [0.2, 0.25) is 0 Å². The molecule has 2 aromatic rings. The number of rotatable bonds is 4. The van der Waals surface area contributed by atoms with Crippen molar-refractivity contribution in [2.24, 2.45) is 0 Å². The normalized spacial score (nSPS) is 20.4. The number of benzene rings is 1. The molecule has 1 aliphatic rings. The van der Waals surface area contributed by atoms with Crippen molar-refractivity contribution >= 4 is 5.91 Å². The molecule has 6 nitrogen and oxygen atoms in total. The molecule has 2 unspecified atom stereocenters. The molecule has 0 N–H and O–H groups in total. The van der Waals surface area contributed by atoms with Gasteiger partial charge in [-0.3, -0.25) is 4.79 Å². The van der Waals surface area contributed by atoms with Gasteiger partial charge in [-0.25, -0.2) is 0 Å². The largest absolute Gasteiger partial charge is 0.493 e. The van der Waals surface area contributed by atoms with Crippen molar-refractivity contribution in [3.05, 3.63) is 30.0 Å². The van der Waals surface area contributed by atoms with Gasteiger partial charge in [0.1, 0.15) is 0 Å². The maximum absolute atomic E-state index is 12.8. The lowest BCUT2D eigenvalue weighted by atomic mass is 9.97. The first-order valence-corrected chi connectivity index (χ1v) is 8.57. The van der Waals surface area contributed by atoms with Gasteiger partial charge in [-0.1, -0.05) is 5.16 Å². The Morgan fingerprint density at radius 3 is 2.44 bits per heavy atom. The molecule has 1 amide bonds. The van der Waals surface area contributed by atoms with Gasteiger partial charge in [-0.15, -0.1) is 0 Å². The predicted molar refractivity (Wildman–Crippen MR) is 94.0 cm³/mol. The monoisotopic (exact) mass is 344 g/mol. The summed E-state index contributed by atoms with van der Waals surface area (Å²) in [7, 11) is 3.17. The minimum Gasteiger partial charge on any atom is -0.493 e. The van der Waals surface area contributed by atoms with Gasteiger partial charge in [0.25, 0.3) is 5.91 Å². The van der Waals surface area contributed by atoms with E-state index in [1.807, 2.05) is 11.0 Å². The average molecular weight is 344 g/mol. The number of aromatic nitrogens is 1. The van der Waals surface area contributed by atoms with Crippen molar-refractivity contribution in [3.63, 3.8) is 0 Å². The molecule has 0 aliphatic carbocycles. The summed E-state index contributed by atoms with van der Waals surface area (Å²) in [5.74, 6) is 1.69. The lowest BCUT2D eigenvalue weighted by molar-refractivity contribution is 0.0500. The minimum absolute atomic E-state index is 0.0739. The molecule has 2 heterocycles. The number of amides is 1. The van der Waals surface area contributed by atoms with Crippen LogP contribution < -0.4 is 9.47 Å². The SMILES string of the molecule is COc1ccc(-c2cc(C(=O)N3C(C)CCCC3C)no2)cc1OC. The summed E-state index contributed by atoms with van der Waals surface area (Å²) < 4.78 is 16.0. The predicted octanol–water partition coefficient (Wildman–Crippen LogP) is 3.76. The van der Waals surface area contributed by atoms with Crippen molar-refractivity contribution < 1.29 is 18.8 Å². The smallest absolute Gasteiger partial charge is 0.276 e. The van der Waals surface area contributed by atoms with Gasteiger partial charge in [0.05, 0.1) is 14.2 Å². The first-order valence-electron chi connectivity index (χ1n) is 8.57. The lowest BCUT2D eigenvalue weighted by Crippen LogP contribution is -2.47. The standard InChI is InChI=1S/C19H24N2O4/c1-12-6-5-7-13(2)21(12)19(22)15-11-17(25-20-15)14-8-9-16(23-3)18(10-14)24-4/h8-13H,5-7H2,1-4H3. The molecule has 1 saturated heterocycles. The number of hydrogen-bond acceptors (Lipinski definition) is 5. The van der Waals surface area contributed by atoms with Crippen LogP contribution in [0.4, 0.5) is 0 Å². The Labute approximate surface area is 147 Å². The molecule has 1 aromatic carbocycles. The minimum atomic E-state index is -0.0739. The summed E-state index contributed by atoms with van der Waals surface area (Å²) in [4.78, 5) is 14.8. The second kappa shape index (κ2) is 7.17. The quantitative estimate of drug-likeness (QED) is 0.845. The molecule has 1 aliphatic heterocycles. The maximum Gasteiger partial charge on any atom is 0.276 e. The van der Waals surface area contributed by atoms with E-state index in [1.165, 1.54) is 0 Å². The van der Waals surface area contributed by atoms with Crippen LogP contribution in [0, 0.1) is 0 Å². The third-order valence-electron chi connectivity index (χ3n) is 4.83. The second-order valence-corrected chi connectivity index (χ2v) is 6.49. The van der Waals surface area contributed by atoms with Gasteiger partial charge in [0, 0.05) is 23.7 Å². The van der Waals surface area contributed by atoms with Gasteiger partial charge < -0.3 is 18.9 Å². The Morgan fingerprint density at radius 2 is 1.80 bits per heavy atom. The molecular weight excluding hydrogens is 320 g/mol. The van der Waals surface area contributed by atoms with Crippen LogP contribution in [0.5, 0.6) is 11.5 Å². The summed E-state index contributed by atoms with van der Waals surface area (Å²) in [6.07, 6.45) is 3.20. The maximum atomic E-state index is 12.8. The van der Waals surface area contributed by atoms with Gasteiger partial charge in [0.15, 0.2) is 23.0 Å². The zero-order chi connectivity index (χ0) is 18.0. The van der Waals surface area contributed by atoms with E-state index >= 15 is 0 Å². The molecule has 0 bridgehead atoms. The fourth-order valence-corrected chi connectivity index (χ4v) is 3.46. The number of ether oxygens (including phenoxy) is 2. The molecule has 1 fully saturated rings. The number of methoxy groups -OCH3 is 2. The Kier molecular flexibility index (Phi) is 4.97. The number of hydrogen-bond donors (Lipinski definition) is 0. The molecule has 134 valence electrons. The van der Waals surface area contributed by atoms with Crippen molar-refractivity contribution in [1.29, 1.82) is 0 Å². The van der Waals surface area contributed by atoms with Crippen LogP contribution in [0.3, 0.4) is 0 Å². The van der Waals surface area contributed by atoms with E-state index in [2.05, 4.69) is 19.0 Å². The highest BCUT2D eigenvalue weighted by atomic mass is 16.5. The summed E-state index contributed by atoms with van der Waals surface area (Å²) in [6, 6.07) is 7.59. The highest BCUT2D eigenvalue weighted by molar-refractivity contribution is 5.93. The molecule has 2 atom stereocenters. The summed E-state index contributed by atoms with van der Waals surface area (Å²) in [6.45, 7) is 4.17. The van der Waals surface area contributed by atoms with Gasteiger partial charge >= 0.3 is 0 Å². The molecule has 0 radical (unpaired) electrons. The highest BCUT2D eigenvalue weighted by Gasteiger charge is 2.31. The van der Waals surface area contributed by atoms with Crippen molar-refractivity contribution in [1.82, 2.24) is 10.1 Å². The van der Waals surface area contributed by atoms with Crippen LogP contribution in [0.15, 0.2) is 28.8 Å². The zero-order valence-corrected chi connectivity index (χ0v) is 15.1. The molecule has 0 spiro atoms. The van der Waals surface area contributed by atoms with E-state index in [4.69, 9.17) is 14.0 Å². The van der Waals surface area contributed by atoms with E-state index < -0.39 is 0 Å². The van der Waals surface area contributed by atoms with Crippen molar-refractivity contribution in [2.45, 2.75) is 45.2 Å². The van der Waals surface area contributed by atoms with E-state index in [9.17, 15) is 4.79 Å². The number of piperidine rings is 1. The highest BCUT2D eigenvalue weighted by Crippen LogP contribution is 2.33. The van der Waals surface area contributed by atoms with Crippen molar-refractivity contribution in [3.8, 4) is 22.8 Å². The summed E-state index contributed by atoms with van der Waals surface area (Å²) in [5.41, 5.74) is 1.12. The number of carbonyl (C=O) groups is 1. The van der Waals surface area contributed by atoms with E-state index in [1.54, 1.807) is 32.4 Å². The second-order valence-electron chi connectivity index (χ2n) is 6.49. The molecule has 3 rings (SSSR count). The Balaban J connectivity index is 1.86. The fourth-order valence-electron chi connectivity index (χ4n) is 3.46. The number of nitrogens with zero attached hydrogens (tertiary/aromatic N) is 2. The van der Waals surface area contributed by atoms with Crippen LogP contribution in [-0.2, 0) is 0 Å². The molecule has 25 heavy (non-hydrogen) atoms. The Hall–Kier alpha value is -2.50. The van der Waals surface area contributed by atoms with Crippen LogP contribution in [0.25, 0.3) is 11.3 Å². The van der Waals surface area contributed by atoms with E-state index in [0.717, 1.165) is 24.8 Å². The number of likely N-dealkylation sites (tertiary alicyclic amines) is 1. The fraction of sp³-hybridized carbons (Fsp3) is 0.474. The number of carbonyl (C=O) groups excluding carboxylic acids is 1. The molecule has 6 heteroatoms. The van der Waals surface area contributed by atoms with E-state index in [0.29, 0.717) is 23.0 Å². The van der Waals surface area contributed by atoms with Gasteiger partial charge in [-0.05, 0) is 51.3 Å². The first kappa shape index (κ1) is 17.3. The lowest BCUT2D eigenvalue weighted by Gasteiger charge is -2.38. The Morgan fingerprint density at radius 1 is 1.12 bits per heavy atom. The Bertz CT molecular complexity index is 746. The van der Waals surface area contributed by atoms with Crippen molar-refractivity contribution in [2.75, 3.05) is 14.2 Å². The zero-order valence-electron chi connectivity index (χ0n) is 15.1. The molecular formula is C19H24N2O4. The first-order chi connectivity index (χ1) is 12.0. The third kappa shape index (κ3) is 3.34. The summed E-state index contributed by atoms with van der Waals surface area (Å²) >= 11 is 0. The summed E-state index contributed by atoms with van der Waals surface area (Å²) in [5, 5.41) is 4.00. The topological polar surface area (TPSA) is 64.8 Å². The van der Waals surface area contributed by atoms with E-state index in [-0.39, 0.29) is 18.0 Å². The van der Waals surface area contributed by atoms with Crippen LogP contribution >= 0.6 is 0 Å². The average Bonchev–Trinajstić information content (AvgIpc) is 3.11. The van der Waals surface area contributed by atoms with Crippen LogP contribution in [-0.4, -0.2) is 42.3 Å². The van der Waals surface area contributed by atoms with Crippen LogP contribution in [0.2, 0.25) is 0 Å². The third-order valence-corrected chi connectivity index (χ3v) is 4.83.